The van der Waals surface area contributed by atoms with Gasteiger partial charge in [0.2, 0.25) is 0 Å². The number of carbonyl (C=O) groups excluding carboxylic acids is 2. The molecule has 0 spiro atoms. The molecule has 0 atom stereocenters. The van der Waals surface area contributed by atoms with Crippen LogP contribution in [0.3, 0.4) is 0 Å². The average molecular weight is 678 g/mol. The zero-order chi connectivity index (χ0) is 34.7. The normalized spacial score (nSPS) is 15.7. The lowest BCUT2D eigenvalue weighted by atomic mass is 9.99. The third-order valence-corrected chi connectivity index (χ3v) is 8.71. The van der Waals surface area contributed by atoms with Crippen LogP contribution in [-0.2, 0) is 11.2 Å². The van der Waals surface area contributed by atoms with Gasteiger partial charge in [-0.1, -0.05) is 6.07 Å². The molecule has 3 N–H and O–H groups in total. The molecule has 0 radical (unpaired) electrons. The molecule has 3 aromatic carbocycles. The number of nitrogens with one attached hydrogen (secondary N) is 3. The Balaban J connectivity index is 1.08. The summed E-state index contributed by atoms with van der Waals surface area (Å²) in [7, 11) is 0. The van der Waals surface area contributed by atoms with Crippen LogP contribution in [0.5, 0.6) is 0 Å². The largest absolute Gasteiger partial charge is 0.444 e. The Morgan fingerprint density at radius 1 is 0.959 bits per heavy atom. The van der Waals surface area contributed by atoms with Gasteiger partial charge in [-0.3, -0.25) is 14.8 Å². The molecule has 49 heavy (non-hydrogen) atoms. The average Bonchev–Trinajstić information content (AvgIpc) is 3.41. The monoisotopic (exact) mass is 677 g/mol. The van der Waals surface area contributed by atoms with Crippen molar-refractivity contribution in [2.24, 2.45) is 5.92 Å². The summed E-state index contributed by atoms with van der Waals surface area (Å²) in [6.07, 6.45) is 0.0370. The third-order valence-electron chi connectivity index (χ3n) is 8.71. The highest BCUT2D eigenvalue weighted by Gasteiger charge is 2.35. The molecule has 2 saturated heterocycles. The SMILES string of the molecule is CC(C)(C)OC(=O)N1CC(CN2CCN(c3ccc(C(=O)Nc4n[nH]c5ccc(Cc6cc(F)cc(F)c6)cc45)c(NCCF)c3)CC2)C1. The number of halogens is 3. The molecule has 2 aliphatic heterocycles. The smallest absolute Gasteiger partial charge is 0.410 e. The second kappa shape index (κ2) is 14.4. The van der Waals surface area contributed by atoms with Crippen molar-refractivity contribution in [2.75, 3.05) is 74.6 Å². The van der Waals surface area contributed by atoms with E-state index in [1.54, 1.807) is 17.0 Å². The first-order valence-corrected chi connectivity index (χ1v) is 16.6. The molecule has 0 saturated carbocycles. The number of amides is 2. The minimum absolute atomic E-state index is 0.0502. The van der Waals surface area contributed by atoms with Crippen LogP contribution in [0.2, 0.25) is 0 Å². The van der Waals surface area contributed by atoms with E-state index < -0.39 is 29.8 Å². The quantitative estimate of drug-likeness (QED) is 0.188. The Labute approximate surface area is 283 Å². The molecule has 13 heteroatoms. The zero-order valence-corrected chi connectivity index (χ0v) is 28.0. The number of hydrogen-bond donors (Lipinski definition) is 3. The summed E-state index contributed by atoms with van der Waals surface area (Å²) in [5, 5.41) is 13.8. The van der Waals surface area contributed by atoms with Crippen molar-refractivity contribution in [3.63, 3.8) is 0 Å². The van der Waals surface area contributed by atoms with Gasteiger partial charge in [0, 0.05) is 81.1 Å². The number of rotatable bonds is 10. The minimum atomic E-state index is -0.642. The van der Waals surface area contributed by atoms with Crippen LogP contribution in [0, 0.1) is 17.6 Å². The maximum atomic E-state index is 13.7. The number of hydrogen-bond acceptors (Lipinski definition) is 7. The van der Waals surface area contributed by atoms with E-state index >= 15 is 0 Å². The Morgan fingerprint density at radius 2 is 1.69 bits per heavy atom. The van der Waals surface area contributed by atoms with Crippen LogP contribution in [-0.4, -0.2) is 96.6 Å². The maximum Gasteiger partial charge on any atom is 0.410 e. The summed E-state index contributed by atoms with van der Waals surface area (Å²) in [5.74, 6) is -0.966. The molecule has 3 heterocycles. The maximum absolute atomic E-state index is 13.7. The number of anilines is 3. The lowest BCUT2D eigenvalue weighted by molar-refractivity contribution is -0.00658. The van der Waals surface area contributed by atoms with E-state index in [0.717, 1.165) is 50.0 Å². The van der Waals surface area contributed by atoms with E-state index in [-0.39, 0.29) is 12.6 Å². The molecule has 0 aliphatic carbocycles. The first-order chi connectivity index (χ1) is 23.4. The lowest BCUT2D eigenvalue weighted by Crippen LogP contribution is -2.57. The van der Waals surface area contributed by atoms with Gasteiger partial charge in [0.25, 0.3) is 5.91 Å². The number of carbonyl (C=O) groups is 2. The highest BCUT2D eigenvalue weighted by molar-refractivity contribution is 6.11. The molecule has 0 unspecified atom stereocenters. The highest BCUT2D eigenvalue weighted by atomic mass is 19.1. The van der Waals surface area contributed by atoms with Gasteiger partial charge in [-0.15, -0.1) is 0 Å². The predicted molar refractivity (Wildman–Crippen MR) is 184 cm³/mol. The van der Waals surface area contributed by atoms with Crippen molar-refractivity contribution in [1.82, 2.24) is 20.0 Å². The molecule has 1 aromatic heterocycles. The number of fused-ring (bicyclic) bond motifs is 1. The first-order valence-electron chi connectivity index (χ1n) is 16.6. The van der Waals surface area contributed by atoms with E-state index in [2.05, 4.69) is 30.6 Å². The molecule has 2 aliphatic rings. The highest BCUT2D eigenvalue weighted by Crippen LogP contribution is 2.29. The van der Waals surface area contributed by atoms with Gasteiger partial charge in [-0.25, -0.2) is 18.0 Å². The number of benzene rings is 3. The summed E-state index contributed by atoms with van der Waals surface area (Å²) in [6, 6.07) is 14.4. The summed E-state index contributed by atoms with van der Waals surface area (Å²) in [6.45, 7) is 10.7. The van der Waals surface area contributed by atoms with Crippen LogP contribution < -0.4 is 15.5 Å². The fourth-order valence-corrected chi connectivity index (χ4v) is 6.36. The second-order valence-corrected chi connectivity index (χ2v) is 13.7. The summed E-state index contributed by atoms with van der Waals surface area (Å²) < 4.78 is 46.2. The molecular formula is C36H42F3N7O3. The number of ether oxygens (including phenoxy) is 1. The number of aromatic nitrogens is 2. The van der Waals surface area contributed by atoms with Crippen molar-refractivity contribution in [2.45, 2.75) is 32.8 Å². The lowest BCUT2D eigenvalue weighted by Gasteiger charge is -2.44. The van der Waals surface area contributed by atoms with Crippen molar-refractivity contribution in [1.29, 1.82) is 0 Å². The summed E-state index contributed by atoms with van der Waals surface area (Å²) >= 11 is 0. The number of nitrogens with zero attached hydrogens (tertiary/aromatic N) is 4. The fourth-order valence-electron chi connectivity index (χ4n) is 6.36. The van der Waals surface area contributed by atoms with Gasteiger partial charge in [-0.2, -0.15) is 5.10 Å². The van der Waals surface area contributed by atoms with Crippen LogP contribution in [0.15, 0.2) is 54.6 Å². The second-order valence-electron chi connectivity index (χ2n) is 13.7. The van der Waals surface area contributed by atoms with Gasteiger partial charge in [0.1, 0.15) is 23.9 Å². The van der Waals surface area contributed by atoms with Crippen molar-refractivity contribution in [3.05, 3.63) is 82.9 Å². The van der Waals surface area contributed by atoms with Crippen molar-refractivity contribution >= 4 is 40.1 Å². The number of likely N-dealkylation sites (tertiary alicyclic amines) is 1. The minimum Gasteiger partial charge on any atom is -0.444 e. The Bertz CT molecular complexity index is 1790. The molecule has 0 bridgehead atoms. The van der Waals surface area contributed by atoms with Gasteiger partial charge in [0.15, 0.2) is 5.82 Å². The van der Waals surface area contributed by atoms with Gasteiger partial charge in [-0.05, 0) is 80.8 Å². The Hall–Kier alpha value is -4.78. The van der Waals surface area contributed by atoms with Gasteiger partial charge < -0.3 is 25.2 Å². The van der Waals surface area contributed by atoms with Crippen LogP contribution in [0.25, 0.3) is 10.9 Å². The first kappa shape index (κ1) is 34.1. The molecule has 260 valence electrons. The number of H-pyrrole nitrogens is 1. The third kappa shape index (κ3) is 8.45. The number of aromatic amines is 1. The van der Waals surface area contributed by atoms with E-state index in [1.165, 1.54) is 12.1 Å². The van der Waals surface area contributed by atoms with Crippen LogP contribution in [0.4, 0.5) is 35.2 Å². The molecule has 10 nitrogen and oxygen atoms in total. The van der Waals surface area contributed by atoms with Crippen LogP contribution in [0.1, 0.15) is 42.3 Å². The number of piperazine rings is 1. The van der Waals surface area contributed by atoms with E-state index in [4.69, 9.17) is 4.74 Å². The van der Waals surface area contributed by atoms with Gasteiger partial charge >= 0.3 is 6.09 Å². The molecule has 4 aromatic rings. The molecule has 6 rings (SSSR count). The van der Waals surface area contributed by atoms with E-state index in [1.807, 2.05) is 45.0 Å². The topological polar surface area (TPSA) is 106 Å². The van der Waals surface area contributed by atoms with Gasteiger partial charge in [0.05, 0.1) is 11.1 Å². The van der Waals surface area contributed by atoms with E-state index in [9.17, 15) is 22.8 Å². The molecule has 2 amide bonds. The Kier molecular flexibility index (Phi) is 10.00. The van der Waals surface area contributed by atoms with Crippen molar-refractivity contribution in [3.8, 4) is 0 Å². The zero-order valence-electron chi connectivity index (χ0n) is 28.0. The van der Waals surface area contributed by atoms with Crippen LogP contribution >= 0.6 is 0 Å². The van der Waals surface area contributed by atoms with E-state index in [0.29, 0.717) is 59.0 Å². The Morgan fingerprint density at radius 3 is 2.39 bits per heavy atom. The summed E-state index contributed by atoms with van der Waals surface area (Å²) in [4.78, 5) is 32.2. The summed E-state index contributed by atoms with van der Waals surface area (Å²) in [5.41, 5.74) is 3.26. The molecular weight excluding hydrogens is 635 g/mol. The fraction of sp³-hybridized carbons (Fsp3) is 0.417. The predicted octanol–water partition coefficient (Wildman–Crippen LogP) is 6.05. The standard InChI is InChI=1S/C36H42F3N7O3/c1-36(2,3)49-35(48)46-21-25(22-46)20-44-10-12-45(13-11-44)28-5-6-29(32(19-28)40-9-8-37)34(47)41-33-30-17-23(4-7-31(30)42-43-33)14-24-15-26(38)18-27(39)16-24/h4-7,15-19,25,40H,8-14,20-22H2,1-3H3,(H2,41,42,43,47). The molecule has 2 fully saturated rings. The van der Waals surface area contributed by atoms with Crippen molar-refractivity contribution < 1.29 is 27.5 Å². The number of alkyl halides is 1.